The molecule has 0 aromatic rings. The van der Waals surface area contributed by atoms with Crippen molar-refractivity contribution in [3.8, 4) is 0 Å². The number of hydrogen-bond donors (Lipinski definition) is 1. The molecule has 1 saturated heterocycles. The Morgan fingerprint density at radius 2 is 2.27 bits per heavy atom. The molecule has 0 aromatic heterocycles. The topological polar surface area (TPSA) is 66.5 Å². The maximum atomic E-state index is 11.4. The van der Waals surface area contributed by atoms with Crippen molar-refractivity contribution in [1.82, 2.24) is 9.62 Å². The Hall–Kier alpha value is -0.880. The number of sulfonamides is 1. The summed E-state index contributed by atoms with van der Waals surface area (Å²) in [6.07, 6.45) is 2.55. The zero-order valence-corrected chi connectivity index (χ0v) is 9.42. The van der Waals surface area contributed by atoms with Gasteiger partial charge in [0, 0.05) is 19.6 Å². The lowest BCUT2D eigenvalue weighted by Gasteiger charge is -2.13. The summed E-state index contributed by atoms with van der Waals surface area (Å²) in [5.41, 5.74) is 0. The maximum Gasteiger partial charge on any atom is 0.243 e. The highest BCUT2D eigenvalue weighted by atomic mass is 32.2. The SMILES string of the molecule is C=CC(=O)NCCCN1CCCS1(=O)=O. The lowest BCUT2D eigenvalue weighted by Crippen LogP contribution is -2.30. The first-order valence-electron chi connectivity index (χ1n) is 4.94. The van der Waals surface area contributed by atoms with E-state index < -0.39 is 10.0 Å². The molecule has 1 fully saturated rings. The maximum absolute atomic E-state index is 11.4. The van der Waals surface area contributed by atoms with Crippen LogP contribution in [-0.4, -0.2) is 44.0 Å². The second kappa shape index (κ2) is 5.27. The van der Waals surface area contributed by atoms with Gasteiger partial charge in [-0.05, 0) is 18.9 Å². The molecule has 0 radical (unpaired) electrons. The molecule has 0 bridgehead atoms. The van der Waals surface area contributed by atoms with Gasteiger partial charge in [-0.15, -0.1) is 0 Å². The molecule has 1 aliphatic heterocycles. The number of hydrogen-bond acceptors (Lipinski definition) is 3. The summed E-state index contributed by atoms with van der Waals surface area (Å²) in [5.74, 6) is 0.0331. The molecule has 0 spiro atoms. The fourth-order valence-corrected chi connectivity index (χ4v) is 3.05. The third-order valence-corrected chi connectivity index (χ3v) is 4.23. The van der Waals surface area contributed by atoms with E-state index in [0.717, 1.165) is 0 Å². The molecule has 6 heteroatoms. The number of amides is 1. The van der Waals surface area contributed by atoms with E-state index in [-0.39, 0.29) is 11.7 Å². The van der Waals surface area contributed by atoms with Gasteiger partial charge in [-0.25, -0.2) is 12.7 Å². The lowest BCUT2D eigenvalue weighted by molar-refractivity contribution is -0.116. The first kappa shape index (κ1) is 12.2. The Labute approximate surface area is 90.2 Å². The van der Waals surface area contributed by atoms with E-state index in [2.05, 4.69) is 11.9 Å². The van der Waals surface area contributed by atoms with Crippen LogP contribution >= 0.6 is 0 Å². The molecule has 5 nitrogen and oxygen atoms in total. The zero-order valence-electron chi connectivity index (χ0n) is 8.61. The van der Waals surface area contributed by atoms with Gasteiger partial charge >= 0.3 is 0 Å². The first-order valence-corrected chi connectivity index (χ1v) is 6.55. The van der Waals surface area contributed by atoms with Crippen molar-refractivity contribution < 1.29 is 13.2 Å². The van der Waals surface area contributed by atoms with Crippen molar-refractivity contribution >= 4 is 15.9 Å². The van der Waals surface area contributed by atoms with Crippen LogP contribution in [0.25, 0.3) is 0 Å². The number of carbonyl (C=O) groups excluding carboxylic acids is 1. The fourth-order valence-electron chi connectivity index (χ4n) is 1.48. The summed E-state index contributed by atoms with van der Waals surface area (Å²) in [4.78, 5) is 10.8. The predicted octanol–water partition coefficient (Wildman–Crippen LogP) is -0.286. The van der Waals surface area contributed by atoms with Crippen molar-refractivity contribution in [3.63, 3.8) is 0 Å². The van der Waals surface area contributed by atoms with Gasteiger partial charge in [0.05, 0.1) is 5.75 Å². The number of nitrogens with zero attached hydrogens (tertiary/aromatic N) is 1. The summed E-state index contributed by atoms with van der Waals surface area (Å²) in [6.45, 7) is 4.90. The van der Waals surface area contributed by atoms with Crippen LogP contribution in [0, 0.1) is 0 Å². The van der Waals surface area contributed by atoms with Gasteiger partial charge in [0.2, 0.25) is 15.9 Å². The Morgan fingerprint density at radius 1 is 1.53 bits per heavy atom. The van der Waals surface area contributed by atoms with Gasteiger partial charge in [-0.2, -0.15) is 0 Å². The molecule has 1 amide bonds. The summed E-state index contributed by atoms with van der Waals surface area (Å²) in [7, 11) is -2.99. The van der Waals surface area contributed by atoms with Gasteiger partial charge in [0.15, 0.2) is 0 Å². The molecule has 0 aromatic carbocycles. The second-order valence-corrected chi connectivity index (χ2v) is 5.51. The van der Waals surface area contributed by atoms with E-state index in [0.29, 0.717) is 32.5 Å². The van der Waals surface area contributed by atoms with Crippen LogP contribution in [0.3, 0.4) is 0 Å². The highest BCUT2D eigenvalue weighted by molar-refractivity contribution is 7.89. The van der Waals surface area contributed by atoms with E-state index in [4.69, 9.17) is 0 Å². The van der Waals surface area contributed by atoms with Gasteiger partial charge in [0.1, 0.15) is 0 Å². The number of carbonyl (C=O) groups is 1. The van der Waals surface area contributed by atoms with Crippen LogP contribution in [0.4, 0.5) is 0 Å². The molecule has 1 heterocycles. The van der Waals surface area contributed by atoms with E-state index in [1.807, 2.05) is 0 Å². The molecule has 1 N–H and O–H groups in total. The van der Waals surface area contributed by atoms with Crippen LogP contribution in [0.2, 0.25) is 0 Å². The van der Waals surface area contributed by atoms with Gasteiger partial charge in [0.25, 0.3) is 0 Å². The Kier molecular flexibility index (Phi) is 4.28. The quantitative estimate of drug-likeness (QED) is 0.523. The average Bonchev–Trinajstić information content (AvgIpc) is 2.52. The highest BCUT2D eigenvalue weighted by Crippen LogP contribution is 2.12. The first-order chi connectivity index (χ1) is 7.06. The molecule has 86 valence electrons. The average molecular weight is 232 g/mol. The molecule has 0 atom stereocenters. The van der Waals surface area contributed by atoms with Gasteiger partial charge in [-0.3, -0.25) is 4.79 Å². The molecular formula is C9H16N2O3S. The fraction of sp³-hybridized carbons (Fsp3) is 0.667. The van der Waals surface area contributed by atoms with Crippen LogP contribution in [0.1, 0.15) is 12.8 Å². The summed E-state index contributed by atoms with van der Waals surface area (Å²) >= 11 is 0. The third kappa shape index (κ3) is 3.64. The standard InChI is InChI=1S/C9H16N2O3S/c1-2-9(12)10-5-3-6-11-7-4-8-15(11,13)14/h2H,1,3-8H2,(H,10,12). The molecule has 1 rings (SSSR count). The van der Waals surface area contributed by atoms with Crippen molar-refractivity contribution in [2.75, 3.05) is 25.4 Å². The minimum Gasteiger partial charge on any atom is -0.353 e. The van der Waals surface area contributed by atoms with E-state index in [9.17, 15) is 13.2 Å². The third-order valence-electron chi connectivity index (χ3n) is 2.27. The molecular weight excluding hydrogens is 216 g/mol. The van der Waals surface area contributed by atoms with E-state index in [1.165, 1.54) is 10.4 Å². The van der Waals surface area contributed by atoms with Crippen LogP contribution in [-0.2, 0) is 14.8 Å². The molecule has 0 unspecified atom stereocenters. The smallest absolute Gasteiger partial charge is 0.243 e. The van der Waals surface area contributed by atoms with Crippen molar-refractivity contribution in [3.05, 3.63) is 12.7 Å². The van der Waals surface area contributed by atoms with Crippen LogP contribution in [0.15, 0.2) is 12.7 Å². The minimum absolute atomic E-state index is 0.223. The predicted molar refractivity (Wildman–Crippen MR) is 57.8 cm³/mol. The van der Waals surface area contributed by atoms with Crippen molar-refractivity contribution in [1.29, 1.82) is 0 Å². The Bertz CT molecular complexity index is 337. The number of nitrogens with one attached hydrogen (secondary N) is 1. The monoisotopic (exact) mass is 232 g/mol. The lowest BCUT2D eigenvalue weighted by atomic mass is 10.4. The van der Waals surface area contributed by atoms with Crippen molar-refractivity contribution in [2.45, 2.75) is 12.8 Å². The second-order valence-electron chi connectivity index (χ2n) is 3.42. The summed E-state index contributed by atoms with van der Waals surface area (Å²) in [5, 5.41) is 2.61. The van der Waals surface area contributed by atoms with Gasteiger partial charge < -0.3 is 5.32 Å². The molecule has 15 heavy (non-hydrogen) atoms. The molecule has 0 saturated carbocycles. The number of rotatable bonds is 5. The van der Waals surface area contributed by atoms with Crippen LogP contribution in [0.5, 0.6) is 0 Å². The Morgan fingerprint density at radius 3 is 2.80 bits per heavy atom. The van der Waals surface area contributed by atoms with Gasteiger partial charge in [-0.1, -0.05) is 6.58 Å². The van der Waals surface area contributed by atoms with E-state index in [1.54, 1.807) is 0 Å². The minimum atomic E-state index is -2.99. The molecule has 1 aliphatic rings. The molecule has 0 aliphatic carbocycles. The highest BCUT2D eigenvalue weighted by Gasteiger charge is 2.27. The van der Waals surface area contributed by atoms with Crippen LogP contribution < -0.4 is 5.32 Å². The normalized spacial score (nSPS) is 20.0. The Balaban J connectivity index is 2.21. The largest absolute Gasteiger partial charge is 0.353 e. The van der Waals surface area contributed by atoms with E-state index >= 15 is 0 Å². The van der Waals surface area contributed by atoms with Crippen molar-refractivity contribution in [2.24, 2.45) is 0 Å². The zero-order chi connectivity index (χ0) is 11.3. The summed E-state index contributed by atoms with van der Waals surface area (Å²) in [6, 6.07) is 0. The summed E-state index contributed by atoms with van der Waals surface area (Å²) < 4.78 is 24.2.